The van der Waals surface area contributed by atoms with E-state index in [1.54, 1.807) is 0 Å². The molecule has 2 aromatic carbocycles. The number of benzene rings is 2. The molecule has 0 saturated carbocycles. The maximum atomic E-state index is 10.7. The first kappa shape index (κ1) is 22.8. The highest BCUT2D eigenvalue weighted by Crippen LogP contribution is 2.41. The number of phenols is 2. The summed E-state index contributed by atoms with van der Waals surface area (Å²) in [5.74, 6) is 1.19. The molecular formula is C27H36O2. The van der Waals surface area contributed by atoms with Gasteiger partial charge in [-0.05, 0) is 58.1 Å². The summed E-state index contributed by atoms with van der Waals surface area (Å²) in [5, 5.41) is 21.5. The van der Waals surface area contributed by atoms with Crippen LogP contribution in [0.4, 0.5) is 0 Å². The van der Waals surface area contributed by atoms with Crippen LogP contribution in [0.15, 0.2) is 49.6 Å². The number of hydrogen-bond donors (Lipinski definition) is 2. The Morgan fingerprint density at radius 2 is 1.10 bits per heavy atom. The molecule has 2 aromatic rings. The minimum atomic E-state index is -0.291. The molecule has 0 heterocycles. The predicted octanol–water partition coefficient (Wildman–Crippen LogP) is 7.13. The van der Waals surface area contributed by atoms with Crippen molar-refractivity contribution in [2.24, 2.45) is 0 Å². The molecule has 2 rings (SSSR count). The third-order valence-corrected chi connectivity index (χ3v) is 5.85. The van der Waals surface area contributed by atoms with Gasteiger partial charge in [0.1, 0.15) is 11.5 Å². The normalized spacial score (nSPS) is 11.9. The average Bonchev–Trinajstić information content (AvgIpc) is 2.64. The van der Waals surface area contributed by atoms with Crippen LogP contribution in [-0.2, 0) is 18.3 Å². The van der Waals surface area contributed by atoms with Crippen LogP contribution < -0.4 is 0 Å². The van der Waals surface area contributed by atoms with Gasteiger partial charge in [0.25, 0.3) is 0 Å². The van der Waals surface area contributed by atoms with E-state index in [0.717, 1.165) is 33.4 Å². The van der Waals surface area contributed by atoms with Gasteiger partial charge in [0.05, 0.1) is 0 Å². The molecule has 0 radical (unpaired) electrons. The van der Waals surface area contributed by atoms with Gasteiger partial charge < -0.3 is 10.2 Å². The fourth-order valence-corrected chi connectivity index (χ4v) is 3.83. The molecule has 0 unspecified atom stereocenters. The molecule has 2 N–H and O–H groups in total. The molecule has 2 heteroatoms. The second kappa shape index (κ2) is 8.90. The molecule has 156 valence electrons. The van der Waals surface area contributed by atoms with E-state index in [4.69, 9.17) is 0 Å². The smallest absolute Gasteiger partial charge is 0.122 e. The van der Waals surface area contributed by atoms with Crippen LogP contribution in [-0.4, -0.2) is 10.2 Å². The third kappa shape index (κ3) is 4.58. The highest BCUT2D eigenvalue weighted by molar-refractivity contribution is 5.54. The maximum Gasteiger partial charge on any atom is 0.122 e. The summed E-state index contributed by atoms with van der Waals surface area (Å²) in [6.07, 6.45) is 4.92. The number of rotatable bonds is 8. The molecule has 0 atom stereocenters. The van der Waals surface area contributed by atoms with Crippen molar-refractivity contribution in [1.29, 1.82) is 0 Å². The molecule has 29 heavy (non-hydrogen) atoms. The van der Waals surface area contributed by atoms with Gasteiger partial charge in [0.2, 0.25) is 0 Å². The van der Waals surface area contributed by atoms with Crippen LogP contribution in [0.3, 0.4) is 0 Å². The number of hydrogen-bond acceptors (Lipinski definition) is 2. The van der Waals surface area contributed by atoms with Crippen LogP contribution in [0.2, 0.25) is 0 Å². The van der Waals surface area contributed by atoms with Gasteiger partial charge in [-0.25, -0.2) is 0 Å². The fraction of sp³-hybridized carbons (Fsp3) is 0.407. The van der Waals surface area contributed by atoms with E-state index in [-0.39, 0.29) is 17.3 Å². The Kier molecular flexibility index (Phi) is 7.00. The van der Waals surface area contributed by atoms with Crippen LogP contribution >= 0.6 is 0 Å². The molecule has 0 aliphatic heterocycles. The SMILES string of the molecule is C=CCc1cc(C(C)(C)c2cc(CC=C)c(O)c(C(C)C)c2)cc(C(C)C)c1O. The minimum absolute atomic E-state index is 0.219. The molecule has 0 bridgehead atoms. The predicted molar refractivity (Wildman–Crippen MR) is 124 cm³/mol. The molecule has 0 aliphatic carbocycles. The Morgan fingerprint density at radius 3 is 1.38 bits per heavy atom. The van der Waals surface area contributed by atoms with Crippen molar-refractivity contribution in [2.75, 3.05) is 0 Å². The molecule has 0 aromatic heterocycles. The van der Waals surface area contributed by atoms with E-state index in [1.165, 1.54) is 0 Å². The maximum absolute atomic E-state index is 10.7. The first-order valence-electron chi connectivity index (χ1n) is 10.5. The van der Waals surface area contributed by atoms with Crippen LogP contribution in [0.25, 0.3) is 0 Å². The van der Waals surface area contributed by atoms with Crippen molar-refractivity contribution in [2.45, 2.75) is 71.6 Å². The number of aromatic hydroxyl groups is 2. The molecule has 0 saturated heterocycles. The fourth-order valence-electron chi connectivity index (χ4n) is 3.83. The van der Waals surface area contributed by atoms with E-state index in [1.807, 2.05) is 12.2 Å². The van der Waals surface area contributed by atoms with Gasteiger partial charge in [-0.1, -0.05) is 78.0 Å². The van der Waals surface area contributed by atoms with Crippen molar-refractivity contribution in [3.05, 3.63) is 83.0 Å². The van der Waals surface area contributed by atoms with E-state index in [0.29, 0.717) is 24.3 Å². The van der Waals surface area contributed by atoms with Crippen molar-refractivity contribution in [1.82, 2.24) is 0 Å². The molecule has 0 amide bonds. The zero-order valence-electron chi connectivity index (χ0n) is 18.8. The first-order chi connectivity index (χ1) is 13.5. The van der Waals surface area contributed by atoms with Gasteiger partial charge in [0.15, 0.2) is 0 Å². The molecule has 0 spiro atoms. The summed E-state index contributed by atoms with van der Waals surface area (Å²) >= 11 is 0. The Balaban J connectivity index is 2.74. The topological polar surface area (TPSA) is 40.5 Å². The number of phenolic OH excluding ortho intramolecular Hbond substituents is 2. The van der Waals surface area contributed by atoms with Gasteiger partial charge in [0, 0.05) is 5.41 Å². The van der Waals surface area contributed by atoms with Crippen LogP contribution in [0, 0.1) is 0 Å². The second-order valence-electron chi connectivity index (χ2n) is 9.07. The Labute approximate surface area is 176 Å². The monoisotopic (exact) mass is 392 g/mol. The van der Waals surface area contributed by atoms with Crippen LogP contribution in [0.1, 0.15) is 86.8 Å². The molecule has 2 nitrogen and oxygen atoms in total. The molecule has 0 fully saturated rings. The third-order valence-electron chi connectivity index (χ3n) is 5.85. The van der Waals surface area contributed by atoms with Gasteiger partial charge >= 0.3 is 0 Å². The lowest BCUT2D eigenvalue weighted by molar-refractivity contribution is 0.457. The standard InChI is InChI=1S/C27H36O2/c1-9-11-19-13-21(15-23(17(3)4)25(19)28)27(7,8)22-14-20(12-10-2)26(29)24(16-22)18(5)6/h9-10,13-18,28-29H,1-2,11-12H2,3-8H3. The summed E-state index contributed by atoms with van der Waals surface area (Å²) in [4.78, 5) is 0. The lowest BCUT2D eigenvalue weighted by Gasteiger charge is -2.30. The molecular weight excluding hydrogens is 356 g/mol. The first-order valence-corrected chi connectivity index (χ1v) is 10.5. The summed E-state index contributed by atoms with van der Waals surface area (Å²) in [6.45, 7) is 20.5. The quantitative estimate of drug-likeness (QED) is 0.469. The second-order valence-corrected chi connectivity index (χ2v) is 9.07. The summed E-state index contributed by atoms with van der Waals surface area (Å²) in [5.41, 5.74) is 5.75. The van der Waals surface area contributed by atoms with Gasteiger partial charge in [-0.2, -0.15) is 0 Å². The zero-order chi connectivity index (χ0) is 21.9. The summed E-state index contributed by atoms with van der Waals surface area (Å²) in [6, 6.07) is 8.44. The highest BCUT2D eigenvalue weighted by Gasteiger charge is 2.28. The average molecular weight is 393 g/mol. The lowest BCUT2D eigenvalue weighted by atomic mass is 9.74. The lowest BCUT2D eigenvalue weighted by Crippen LogP contribution is -2.21. The Hall–Kier alpha value is -2.48. The van der Waals surface area contributed by atoms with E-state index < -0.39 is 0 Å². The van der Waals surface area contributed by atoms with Crippen molar-refractivity contribution >= 4 is 0 Å². The number of allylic oxidation sites excluding steroid dienone is 2. The van der Waals surface area contributed by atoms with Gasteiger partial charge in [-0.15, -0.1) is 13.2 Å². The highest BCUT2D eigenvalue weighted by atomic mass is 16.3. The Morgan fingerprint density at radius 1 is 0.759 bits per heavy atom. The van der Waals surface area contributed by atoms with Crippen molar-refractivity contribution in [3.8, 4) is 11.5 Å². The molecule has 0 aliphatic rings. The minimum Gasteiger partial charge on any atom is -0.507 e. The van der Waals surface area contributed by atoms with Crippen molar-refractivity contribution < 1.29 is 10.2 Å². The van der Waals surface area contributed by atoms with E-state index in [9.17, 15) is 10.2 Å². The Bertz CT molecular complexity index is 828. The zero-order valence-corrected chi connectivity index (χ0v) is 18.8. The van der Waals surface area contributed by atoms with E-state index in [2.05, 4.69) is 79.0 Å². The summed E-state index contributed by atoms with van der Waals surface area (Å²) < 4.78 is 0. The summed E-state index contributed by atoms with van der Waals surface area (Å²) in [7, 11) is 0. The van der Waals surface area contributed by atoms with Gasteiger partial charge in [-0.3, -0.25) is 0 Å². The van der Waals surface area contributed by atoms with Crippen molar-refractivity contribution in [3.63, 3.8) is 0 Å². The largest absolute Gasteiger partial charge is 0.507 e. The van der Waals surface area contributed by atoms with Crippen LogP contribution in [0.5, 0.6) is 11.5 Å². The van der Waals surface area contributed by atoms with E-state index >= 15 is 0 Å².